The molecule has 0 atom stereocenters. The summed E-state index contributed by atoms with van der Waals surface area (Å²) in [6.45, 7) is 0.00372. The molecule has 6 N–H and O–H groups in total. The smallest absolute Gasteiger partial charge is 0.307 e. The number of hydrogen-bond acceptors (Lipinski definition) is 6. The Labute approximate surface area is 136 Å². The van der Waals surface area contributed by atoms with Crippen LogP contribution in [0.25, 0.3) is 0 Å². The van der Waals surface area contributed by atoms with E-state index in [-0.39, 0.29) is 29.2 Å². The number of carboxylic acid groups (broad SMARTS) is 1. The summed E-state index contributed by atoms with van der Waals surface area (Å²) < 4.78 is 0. The lowest BCUT2D eigenvalue weighted by molar-refractivity contribution is -0.136. The maximum absolute atomic E-state index is 12.1. The van der Waals surface area contributed by atoms with Crippen LogP contribution in [0.15, 0.2) is 30.3 Å². The number of carboxylic acids is 1. The van der Waals surface area contributed by atoms with E-state index in [4.69, 9.17) is 5.11 Å². The number of aliphatic carboxylic acids is 1. The molecule has 2 aromatic rings. The zero-order valence-corrected chi connectivity index (χ0v) is 12.4. The van der Waals surface area contributed by atoms with Gasteiger partial charge in [0.05, 0.1) is 12.0 Å². The number of rotatable bonds is 5. The van der Waals surface area contributed by atoms with E-state index in [1.165, 1.54) is 18.2 Å². The first-order valence-corrected chi connectivity index (χ1v) is 6.83. The summed E-state index contributed by atoms with van der Waals surface area (Å²) in [6, 6.07) is 6.02. The number of amides is 1. The van der Waals surface area contributed by atoms with Gasteiger partial charge in [0.15, 0.2) is 11.5 Å². The van der Waals surface area contributed by atoms with Crippen LogP contribution < -0.4 is 5.32 Å². The van der Waals surface area contributed by atoms with Crippen LogP contribution in [0, 0.1) is 0 Å². The highest BCUT2D eigenvalue weighted by Crippen LogP contribution is 2.28. The van der Waals surface area contributed by atoms with Crippen molar-refractivity contribution in [2.75, 3.05) is 0 Å². The molecule has 0 aliphatic rings. The van der Waals surface area contributed by atoms with Crippen LogP contribution in [-0.4, -0.2) is 37.4 Å². The fraction of sp³-hybridized carbons (Fsp3) is 0.125. The van der Waals surface area contributed by atoms with E-state index in [1.54, 1.807) is 0 Å². The number of nitrogens with one attached hydrogen (secondary N) is 1. The molecule has 0 unspecified atom stereocenters. The molecule has 0 heterocycles. The standard InChI is InChI=1S/C16H15NO7/c18-11-2-1-8(3-14(11)21)7-17-16(24)10-6-12(19)9(4-13(10)20)5-15(22)23/h1-4,6,18-21H,5,7H2,(H,17,24)(H,22,23). The first-order chi connectivity index (χ1) is 11.3. The molecule has 8 nitrogen and oxygen atoms in total. The summed E-state index contributed by atoms with van der Waals surface area (Å²) in [5, 5.41) is 49.4. The van der Waals surface area contributed by atoms with E-state index < -0.39 is 29.8 Å². The van der Waals surface area contributed by atoms with Gasteiger partial charge in [-0.2, -0.15) is 0 Å². The van der Waals surface area contributed by atoms with E-state index in [0.717, 1.165) is 12.1 Å². The Balaban J connectivity index is 2.13. The summed E-state index contributed by atoms with van der Waals surface area (Å²) in [5.74, 6) is -3.38. The molecule has 1 amide bonds. The van der Waals surface area contributed by atoms with E-state index in [1.807, 2.05) is 0 Å². The number of phenolic OH excluding ortho intramolecular Hbond substituents is 4. The molecular weight excluding hydrogens is 318 g/mol. The molecule has 126 valence electrons. The zero-order chi connectivity index (χ0) is 17.9. The first kappa shape index (κ1) is 16.9. The molecule has 24 heavy (non-hydrogen) atoms. The number of phenols is 4. The molecule has 0 radical (unpaired) electrons. The highest BCUT2D eigenvalue weighted by atomic mass is 16.4. The predicted octanol–water partition coefficient (Wildman–Crippen LogP) is 1.07. The fourth-order valence-electron chi connectivity index (χ4n) is 2.06. The minimum atomic E-state index is -1.19. The fourth-order valence-corrected chi connectivity index (χ4v) is 2.06. The lowest BCUT2D eigenvalue weighted by atomic mass is 10.1. The van der Waals surface area contributed by atoms with Crippen LogP contribution in [-0.2, 0) is 17.8 Å². The third-order valence-corrected chi connectivity index (χ3v) is 3.28. The Kier molecular flexibility index (Phi) is 4.78. The number of carbonyl (C=O) groups is 2. The van der Waals surface area contributed by atoms with Gasteiger partial charge >= 0.3 is 5.97 Å². The average Bonchev–Trinajstić information content (AvgIpc) is 2.51. The van der Waals surface area contributed by atoms with Gasteiger partial charge in [-0.3, -0.25) is 9.59 Å². The van der Waals surface area contributed by atoms with Crippen molar-refractivity contribution >= 4 is 11.9 Å². The van der Waals surface area contributed by atoms with Gasteiger partial charge in [0, 0.05) is 12.1 Å². The molecule has 8 heteroatoms. The molecule has 0 saturated carbocycles. The molecule has 0 bridgehead atoms. The highest BCUT2D eigenvalue weighted by molar-refractivity contribution is 5.97. The van der Waals surface area contributed by atoms with Crippen molar-refractivity contribution in [1.82, 2.24) is 5.32 Å². The molecule has 2 rings (SSSR count). The molecule has 0 aliphatic heterocycles. The van der Waals surface area contributed by atoms with Crippen LogP contribution in [0.3, 0.4) is 0 Å². The van der Waals surface area contributed by atoms with E-state index >= 15 is 0 Å². The zero-order valence-electron chi connectivity index (χ0n) is 12.4. The summed E-state index contributed by atoms with van der Waals surface area (Å²) >= 11 is 0. The van der Waals surface area contributed by atoms with Crippen molar-refractivity contribution in [1.29, 1.82) is 0 Å². The normalized spacial score (nSPS) is 10.3. The van der Waals surface area contributed by atoms with Crippen LogP contribution in [0.5, 0.6) is 23.0 Å². The van der Waals surface area contributed by atoms with Crippen LogP contribution in [0.1, 0.15) is 21.5 Å². The first-order valence-electron chi connectivity index (χ1n) is 6.83. The Morgan fingerprint density at radius 3 is 2.21 bits per heavy atom. The monoisotopic (exact) mass is 333 g/mol. The van der Waals surface area contributed by atoms with Gasteiger partial charge in [-0.15, -0.1) is 0 Å². The molecule has 0 saturated heterocycles. The minimum absolute atomic E-state index is 0.00372. The lowest BCUT2D eigenvalue weighted by Gasteiger charge is -2.10. The summed E-state index contributed by atoms with van der Waals surface area (Å²) in [6.07, 6.45) is -0.492. The summed E-state index contributed by atoms with van der Waals surface area (Å²) in [4.78, 5) is 22.7. The van der Waals surface area contributed by atoms with Crippen molar-refractivity contribution < 1.29 is 35.1 Å². The summed E-state index contributed by atoms with van der Waals surface area (Å²) in [5.41, 5.74) is 0.273. The quantitative estimate of drug-likeness (QED) is 0.354. The Morgan fingerprint density at radius 1 is 0.875 bits per heavy atom. The molecule has 0 spiro atoms. The van der Waals surface area contributed by atoms with Gasteiger partial charge < -0.3 is 30.8 Å². The van der Waals surface area contributed by atoms with E-state index in [0.29, 0.717) is 5.56 Å². The molecule has 0 fully saturated rings. The third kappa shape index (κ3) is 3.86. The van der Waals surface area contributed by atoms with Gasteiger partial charge in [0.1, 0.15) is 11.5 Å². The van der Waals surface area contributed by atoms with Gasteiger partial charge in [0.2, 0.25) is 0 Å². The second-order valence-corrected chi connectivity index (χ2v) is 5.07. The van der Waals surface area contributed by atoms with Gasteiger partial charge in [-0.05, 0) is 29.8 Å². The van der Waals surface area contributed by atoms with Crippen molar-refractivity contribution in [2.45, 2.75) is 13.0 Å². The molecule has 0 aromatic heterocycles. The van der Waals surface area contributed by atoms with Gasteiger partial charge in [-0.1, -0.05) is 6.07 Å². The van der Waals surface area contributed by atoms with Gasteiger partial charge in [0.25, 0.3) is 5.91 Å². The number of aromatic hydroxyl groups is 4. The second-order valence-electron chi connectivity index (χ2n) is 5.07. The van der Waals surface area contributed by atoms with Crippen LogP contribution in [0.2, 0.25) is 0 Å². The SMILES string of the molecule is O=C(O)Cc1cc(O)c(C(=O)NCc2ccc(O)c(O)c2)cc1O. The Bertz CT molecular complexity index is 801. The van der Waals surface area contributed by atoms with Crippen molar-refractivity contribution in [3.05, 3.63) is 47.0 Å². The van der Waals surface area contributed by atoms with Gasteiger partial charge in [-0.25, -0.2) is 0 Å². The van der Waals surface area contributed by atoms with Crippen LogP contribution >= 0.6 is 0 Å². The maximum atomic E-state index is 12.1. The molecule has 0 aliphatic carbocycles. The molecule has 2 aromatic carbocycles. The van der Waals surface area contributed by atoms with Crippen molar-refractivity contribution in [3.63, 3.8) is 0 Å². The van der Waals surface area contributed by atoms with Crippen molar-refractivity contribution in [2.24, 2.45) is 0 Å². The minimum Gasteiger partial charge on any atom is -0.508 e. The topological polar surface area (TPSA) is 147 Å². The second kappa shape index (κ2) is 6.78. The van der Waals surface area contributed by atoms with Crippen molar-refractivity contribution in [3.8, 4) is 23.0 Å². The Morgan fingerprint density at radius 2 is 1.58 bits per heavy atom. The summed E-state index contributed by atoms with van der Waals surface area (Å²) in [7, 11) is 0. The highest BCUT2D eigenvalue weighted by Gasteiger charge is 2.16. The maximum Gasteiger partial charge on any atom is 0.307 e. The third-order valence-electron chi connectivity index (χ3n) is 3.28. The predicted molar refractivity (Wildman–Crippen MR) is 82.1 cm³/mol. The van der Waals surface area contributed by atoms with Crippen LogP contribution in [0.4, 0.5) is 0 Å². The van der Waals surface area contributed by atoms with E-state index in [9.17, 15) is 30.0 Å². The number of hydrogen-bond donors (Lipinski definition) is 6. The Hall–Kier alpha value is -3.42. The van der Waals surface area contributed by atoms with E-state index in [2.05, 4.69) is 5.32 Å². The largest absolute Gasteiger partial charge is 0.508 e. The number of carbonyl (C=O) groups excluding carboxylic acids is 1. The molecular formula is C16H15NO7. The lowest BCUT2D eigenvalue weighted by Crippen LogP contribution is -2.23. The number of benzene rings is 2. The average molecular weight is 333 g/mol.